The number of nitrogens with one attached hydrogen (secondary N) is 1. The van der Waals surface area contributed by atoms with E-state index in [1.54, 1.807) is 0 Å². The summed E-state index contributed by atoms with van der Waals surface area (Å²) in [7, 11) is 0. The van der Waals surface area contributed by atoms with E-state index in [9.17, 15) is 0 Å². The summed E-state index contributed by atoms with van der Waals surface area (Å²) in [6.45, 7) is 11.1. The predicted molar refractivity (Wildman–Crippen MR) is 80.3 cm³/mol. The van der Waals surface area contributed by atoms with Crippen molar-refractivity contribution in [2.24, 2.45) is 0 Å². The molecule has 0 bridgehead atoms. The van der Waals surface area contributed by atoms with Crippen LogP contribution in [0.15, 0.2) is 12.3 Å². The highest BCUT2D eigenvalue weighted by Crippen LogP contribution is 2.10. The quantitative estimate of drug-likeness (QED) is 0.883. The van der Waals surface area contributed by atoms with Crippen molar-refractivity contribution in [1.29, 1.82) is 0 Å². The maximum atomic E-state index is 4.38. The molecule has 106 valence electrons. The van der Waals surface area contributed by atoms with Gasteiger partial charge >= 0.3 is 0 Å². The molecule has 0 radical (unpaired) electrons. The topological polar surface area (TPSA) is 28.2 Å². The SMILES string of the molecule is Cc1cc(C)c(CNC(C)CN2CCCCC2)cn1. The van der Waals surface area contributed by atoms with Gasteiger partial charge in [0.2, 0.25) is 0 Å². The first-order chi connectivity index (χ1) is 9.15. The van der Waals surface area contributed by atoms with Gasteiger partial charge in [-0.05, 0) is 63.9 Å². The number of piperidine rings is 1. The van der Waals surface area contributed by atoms with Crippen LogP contribution in [-0.4, -0.2) is 35.6 Å². The summed E-state index contributed by atoms with van der Waals surface area (Å²) in [4.78, 5) is 6.97. The second-order valence-electron chi connectivity index (χ2n) is 5.90. The Kier molecular flexibility index (Phi) is 5.34. The second kappa shape index (κ2) is 7.01. The number of hydrogen-bond donors (Lipinski definition) is 1. The molecule has 3 nitrogen and oxygen atoms in total. The Morgan fingerprint density at radius 2 is 2.00 bits per heavy atom. The van der Waals surface area contributed by atoms with E-state index >= 15 is 0 Å². The van der Waals surface area contributed by atoms with Crippen molar-refractivity contribution in [1.82, 2.24) is 15.2 Å². The maximum absolute atomic E-state index is 4.38. The van der Waals surface area contributed by atoms with Crippen LogP contribution < -0.4 is 5.32 Å². The van der Waals surface area contributed by atoms with Crippen LogP contribution in [-0.2, 0) is 6.54 Å². The van der Waals surface area contributed by atoms with E-state index in [1.165, 1.54) is 50.0 Å². The third-order valence-electron chi connectivity index (χ3n) is 3.98. The summed E-state index contributed by atoms with van der Waals surface area (Å²) >= 11 is 0. The zero-order chi connectivity index (χ0) is 13.7. The molecule has 0 aromatic carbocycles. The molecule has 1 atom stereocenters. The average molecular weight is 261 g/mol. The predicted octanol–water partition coefficient (Wildman–Crippen LogP) is 2.66. The van der Waals surface area contributed by atoms with E-state index < -0.39 is 0 Å². The molecule has 1 unspecified atom stereocenters. The zero-order valence-electron chi connectivity index (χ0n) is 12.6. The summed E-state index contributed by atoms with van der Waals surface area (Å²) in [6, 6.07) is 2.70. The third-order valence-corrected chi connectivity index (χ3v) is 3.98. The van der Waals surface area contributed by atoms with Crippen LogP contribution in [0.25, 0.3) is 0 Å². The molecule has 1 aromatic heterocycles. The summed E-state index contributed by atoms with van der Waals surface area (Å²) in [5.74, 6) is 0. The number of aryl methyl sites for hydroxylation is 2. The highest BCUT2D eigenvalue weighted by molar-refractivity contribution is 5.24. The highest BCUT2D eigenvalue weighted by Gasteiger charge is 2.13. The summed E-state index contributed by atoms with van der Waals surface area (Å²) < 4.78 is 0. The summed E-state index contributed by atoms with van der Waals surface area (Å²) in [5.41, 5.74) is 3.75. The number of rotatable bonds is 5. The number of nitrogens with zero attached hydrogens (tertiary/aromatic N) is 2. The Labute approximate surface area is 117 Å². The smallest absolute Gasteiger partial charge is 0.0375 e. The van der Waals surface area contributed by atoms with Crippen LogP contribution in [0.1, 0.15) is 43.0 Å². The fourth-order valence-corrected chi connectivity index (χ4v) is 2.79. The van der Waals surface area contributed by atoms with Gasteiger partial charge in [-0.15, -0.1) is 0 Å². The van der Waals surface area contributed by atoms with Crippen LogP contribution in [0.4, 0.5) is 0 Å². The zero-order valence-corrected chi connectivity index (χ0v) is 12.6. The van der Waals surface area contributed by atoms with Gasteiger partial charge in [-0.3, -0.25) is 4.98 Å². The first-order valence-electron chi connectivity index (χ1n) is 7.53. The van der Waals surface area contributed by atoms with E-state index in [0.29, 0.717) is 6.04 Å². The van der Waals surface area contributed by atoms with Gasteiger partial charge in [0, 0.05) is 31.0 Å². The molecule has 3 heteroatoms. The first kappa shape index (κ1) is 14.5. The Bertz CT molecular complexity index is 397. The molecular weight excluding hydrogens is 234 g/mol. The van der Waals surface area contributed by atoms with Crippen LogP contribution >= 0.6 is 0 Å². The van der Waals surface area contributed by atoms with Crippen molar-refractivity contribution in [2.75, 3.05) is 19.6 Å². The summed E-state index contributed by atoms with van der Waals surface area (Å²) in [5, 5.41) is 3.62. The van der Waals surface area contributed by atoms with Gasteiger partial charge in [0.15, 0.2) is 0 Å². The Morgan fingerprint density at radius 1 is 1.26 bits per heavy atom. The van der Waals surface area contributed by atoms with E-state index in [2.05, 4.69) is 35.1 Å². The molecule has 1 saturated heterocycles. The Morgan fingerprint density at radius 3 is 2.68 bits per heavy atom. The van der Waals surface area contributed by atoms with E-state index in [4.69, 9.17) is 0 Å². The number of likely N-dealkylation sites (tertiary alicyclic amines) is 1. The van der Waals surface area contributed by atoms with E-state index in [1.807, 2.05) is 13.1 Å². The molecule has 1 aromatic rings. The van der Waals surface area contributed by atoms with Gasteiger partial charge in [0.05, 0.1) is 0 Å². The minimum absolute atomic E-state index is 0.541. The number of aromatic nitrogens is 1. The van der Waals surface area contributed by atoms with Crippen LogP contribution in [0.2, 0.25) is 0 Å². The van der Waals surface area contributed by atoms with Gasteiger partial charge in [0.1, 0.15) is 0 Å². The molecule has 0 aliphatic carbocycles. The molecule has 1 N–H and O–H groups in total. The molecule has 19 heavy (non-hydrogen) atoms. The molecule has 2 rings (SSSR count). The molecule has 2 heterocycles. The van der Waals surface area contributed by atoms with Gasteiger partial charge in [-0.2, -0.15) is 0 Å². The average Bonchev–Trinajstić information content (AvgIpc) is 2.39. The third kappa shape index (κ3) is 4.59. The lowest BCUT2D eigenvalue weighted by atomic mass is 10.1. The van der Waals surface area contributed by atoms with Gasteiger partial charge < -0.3 is 10.2 Å². The summed E-state index contributed by atoms with van der Waals surface area (Å²) in [6.07, 6.45) is 6.15. The minimum Gasteiger partial charge on any atom is -0.309 e. The maximum Gasteiger partial charge on any atom is 0.0375 e. The van der Waals surface area contributed by atoms with Crippen molar-refractivity contribution in [3.05, 3.63) is 29.1 Å². The van der Waals surface area contributed by atoms with Crippen molar-refractivity contribution in [3.8, 4) is 0 Å². The number of hydrogen-bond acceptors (Lipinski definition) is 3. The lowest BCUT2D eigenvalue weighted by molar-refractivity contribution is 0.209. The fourth-order valence-electron chi connectivity index (χ4n) is 2.79. The number of pyridine rings is 1. The van der Waals surface area contributed by atoms with Crippen molar-refractivity contribution in [2.45, 2.75) is 52.6 Å². The lowest BCUT2D eigenvalue weighted by Gasteiger charge is -2.29. The lowest BCUT2D eigenvalue weighted by Crippen LogP contribution is -2.41. The van der Waals surface area contributed by atoms with E-state index in [-0.39, 0.29) is 0 Å². The second-order valence-corrected chi connectivity index (χ2v) is 5.90. The van der Waals surface area contributed by atoms with Crippen molar-refractivity contribution >= 4 is 0 Å². The normalized spacial score (nSPS) is 18.5. The highest BCUT2D eigenvalue weighted by atomic mass is 15.1. The van der Waals surface area contributed by atoms with Crippen molar-refractivity contribution in [3.63, 3.8) is 0 Å². The standard InChI is InChI=1S/C16H27N3/c1-13-9-14(2)17-10-16(13)11-18-15(3)12-19-7-5-4-6-8-19/h9-10,15,18H,4-8,11-12H2,1-3H3. The largest absolute Gasteiger partial charge is 0.309 e. The first-order valence-corrected chi connectivity index (χ1v) is 7.53. The monoisotopic (exact) mass is 261 g/mol. The van der Waals surface area contributed by atoms with Crippen LogP contribution in [0, 0.1) is 13.8 Å². The fraction of sp³-hybridized carbons (Fsp3) is 0.688. The van der Waals surface area contributed by atoms with Gasteiger partial charge in [-0.25, -0.2) is 0 Å². The van der Waals surface area contributed by atoms with Gasteiger partial charge in [-0.1, -0.05) is 6.42 Å². The molecule has 1 aliphatic rings. The molecule has 0 amide bonds. The van der Waals surface area contributed by atoms with Crippen molar-refractivity contribution < 1.29 is 0 Å². The van der Waals surface area contributed by atoms with E-state index in [0.717, 1.165) is 12.2 Å². The van der Waals surface area contributed by atoms with Crippen LogP contribution in [0.3, 0.4) is 0 Å². The van der Waals surface area contributed by atoms with Gasteiger partial charge in [0.25, 0.3) is 0 Å². The van der Waals surface area contributed by atoms with Crippen LogP contribution in [0.5, 0.6) is 0 Å². The minimum atomic E-state index is 0.541. The molecule has 0 spiro atoms. The molecule has 1 fully saturated rings. The molecule has 1 aliphatic heterocycles. The molecular formula is C16H27N3. The molecule has 0 saturated carbocycles. The Balaban J connectivity index is 1.77. The Hall–Kier alpha value is -0.930.